The molecule has 0 aliphatic carbocycles. The van der Waals surface area contributed by atoms with Crippen LogP contribution in [0.15, 0.2) is 48.5 Å². The van der Waals surface area contributed by atoms with Crippen molar-refractivity contribution >= 4 is 17.8 Å². The minimum Gasteiger partial charge on any atom is -0.351 e. The van der Waals surface area contributed by atoms with Crippen LogP contribution in [-0.4, -0.2) is 45.5 Å². The maximum atomic E-state index is 9.43. The summed E-state index contributed by atoms with van der Waals surface area (Å²) in [7, 11) is 5.39. The van der Waals surface area contributed by atoms with Crippen LogP contribution in [0.25, 0.3) is 0 Å². The Kier molecular flexibility index (Phi) is 7.48. The predicted molar refractivity (Wildman–Crippen MR) is 106 cm³/mol. The van der Waals surface area contributed by atoms with Crippen LogP contribution in [0.5, 0.6) is 0 Å². The Balaban J connectivity index is 0.000000399. The third kappa shape index (κ3) is 5.33. The Bertz CT molecular complexity index is 622. The quantitative estimate of drug-likeness (QED) is 0.671. The normalized spacial score (nSPS) is 12.2. The molecule has 1 amide bonds. The molecule has 0 fully saturated rings. The lowest BCUT2D eigenvalue weighted by molar-refractivity contribution is -0.115. The molecule has 1 aliphatic rings. The molecule has 2 aromatic rings. The van der Waals surface area contributed by atoms with E-state index in [9.17, 15) is 4.79 Å². The fourth-order valence-electron chi connectivity index (χ4n) is 3.03. The molecule has 0 aromatic heterocycles. The van der Waals surface area contributed by atoms with Crippen molar-refractivity contribution in [3.8, 4) is 0 Å². The van der Waals surface area contributed by atoms with Crippen LogP contribution in [0, 0.1) is 0 Å². The van der Waals surface area contributed by atoms with Gasteiger partial charge in [0.1, 0.15) is 0 Å². The molecule has 134 valence electrons. The van der Waals surface area contributed by atoms with Gasteiger partial charge < -0.3 is 15.1 Å². The van der Waals surface area contributed by atoms with Crippen LogP contribution in [0.4, 0.5) is 11.4 Å². The minimum atomic E-state index is 0.750. The van der Waals surface area contributed by atoms with Gasteiger partial charge in [-0.05, 0) is 56.1 Å². The zero-order valence-corrected chi connectivity index (χ0v) is 15.5. The van der Waals surface area contributed by atoms with Crippen molar-refractivity contribution in [3.63, 3.8) is 0 Å². The first-order valence-electron chi connectivity index (χ1n) is 8.87. The lowest BCUT2D eigenvalue weighted by Crippen LogP contribution is -2.22. The number of carbonyl (C=O) groups is 1. The van der Waals surface area contributed by atoms with Crippen molar-refractivity contribution in [1.82, 2.24) is 10.2 Å². The molecule has 0 atom stereocenters. The molecule has 0 saturated carbocycles. The SMILES string of the molecule is CN(C)C=O.CNCCCN1c2ccccc2CCc2ccccc21. The van der Waals surface area contributed by atoms with Crippen LogP contribution < -0.4 is 10.2 Å². The number of para-hydroxylation sites is 2. The highest BCUT2D eigenvalue weighted by Gasteiger charge is 2.19. The van der Waals surface area contributed by atoms with Gasteiger partial charge in [-0.15, -0.1) is 0 Å². The molecule has 4 nitrogen and oxygen atoms in total. The molecule has 0 saturated heterocycles. The Hall–Kier alpha value is -2.33. The molecule has 0 spiro atoms. The molecule has 0 bridgehead atoms. The summed E-state index contributed by atoms with van der Waals surface area (Å²) in [6.45, 7) is 2.12. The number of anilines is 2. The lowest BCUT2D eigenvalue weighted by atomic mass is 10.0. The third-order valence-electron chi connectivity index (χ3n) is 4.25. The number of amides is 1. The van der Waals surface area contributed by atoms with Gasteiger partial charge in [0.05, 0.1) is 0 Å². The monoisotopic (exact) mass is 339 g/mol. The second-order valence-electron chi connectivity index (χ2n) is 6.44. The largest absolute Gasteiger partial charge is 0.351 e. The van der Waals surface area contributed by atoms with E-state index >= 15 is 0 Å². The summed E-state index contributed by atoms with van der Waals surface area (Å²) in [6.07, 6.45) is 4.17. The predicted octanol–water partition coefficient (Wildman–Crippen LogP) is 3.24. The second kappa shape index (κ2) is 9.84. The van der Waals surface area contributed by atoms with Gasteiger partial charge in [-0.3, -0.25) is 4.79 Å². The lowest BCUT2D eigenvalue weighted by Gasteiger charge is -2.27. The maximum absolute atomic E-state index is 9.43. The second-order valence-corrected chi connectivity index (χ2v) is 6.44. The van der Waals surface area contributed by atoms with Gasteiger partial charge in [0, 0.05) is 32.0 Å². The summed E-state index contributed by atoms with van der Waals surface area (Å²) in [4.78, 5) is 13.4. The van der Waals surface area contributed by atoms with Crippen molar-refractivity contribution in [2.45, 2.75) is 19.3 Å². The van der Waals surface area contributed by atoms with Gasteiger partial charge in [-0.2, -0.15) is 0 Å². The van der Waals surface area contributed by atoms with Crippen LogP contribution in [0.1, 0.15) is 17.5 Å². The summed E-state index contributed by atoms with van der Waals surface area (Å²) in [5.74, 6) is 0. The van der Waals surface area contributed by atoms with Gasteiger partial charge in [0.15, 0.2) is 0 Å². The van der Waals surface area contributed by atoms with Gasteiger partial charge in [-0.25, -0.2) is 0 Å². The number of hydrogen-bond donors (Lipinski definition) is 1. The van der Waals surface area contributed by atoms with E-state index in [1.807, 2.05) is 7.05 Å². The first-order chi connectivity index (χ1) is 12.2. The maximum Gasteiger partial charge on any atom is 0.209 e. The van der Waals surface area contributed by atoms with E-state index in [1.165, 1.54) is 27.4 Å². The molecule has 2 aromatic carbocycles. The Morgan fingerprint density at radius 3 is 1.92 bits per heavy atom. The molecule has 1 N–H and O–H groups in total. The van der Waals surface area contributed by atoms with Crippen molar-refractivity contribution in [2.24, 2.45) is 0 Å². The highest BCUT2D eigenvalue weighted by Crippen LogP contribution is 2.35. The molecule has 3 rings (SSSR count). The van der Waals surface area contributed by atoms with Gasteiger partial charge in [-0.1, -0.05) is 36.4 Å². The zero-order valence-electron chi connectivity index (χ0n) is 15.5. The number of benzene rings is 2. The fraction of sp³-hybridized carbons (Fsp3) is 0.381. The van der Waals surface area contributed by atoms with Crippen LogP contribution >= 0.6 is 0 Å². The minimum absolute atomic E-state index is 0.750. The van der Waals surface area contributed by atoms with Crippen molar-refractivity contribution in [2.75, 3.05) is 39.1 Å². The number of hydrogen-bond acceptors (Lipinski definition) is 3. The summed E-state index contributed by atoms with van der Waals surface area (Å²) in [5, 5.41) is 3.24. The van der Waals surface area contributed by atoms with Crippen molar-refractivity contribution < 1.29 is 4.79 Å². The molecule has 1 aliphatic heterocycles. The number of carbonyl (C=O) groups excluding carboxylic acids is 1. The summed E-state index contributed by atoms with van der Waals surface area (Å²) >= 11 is 0. The van der Waals surface area contributed by atoms with E-state index in [0.717, 1.165) is 38.8 Å². The smallest absolute Gasteiger partial charge is 0.209 e. The van der Waals surface area contributed by atoms with E-state index in [2.05, 4.69) is 58.7 Å². The van der Waals surface area contributed by atoms with E-state index in [4.69, 9.17) is 0 Å². The topological polar surface area (TPSA) is 35.6 Å². The molecular formula is C21H29N3O. The standard InChI is InChI=1S/C18H22N2.C3H7NO/c1-19-13-6-14-20-17-9-4-2-7-15(17)11-12-16-8-3-5-10-18(16)20;1-4(2)3-5/h2-5,7-10,19H,6,11-14H2,1H3;3H,1-2H3. The van der Waals surface area contributed by atoms with E-state index in [0.29, 0.717) is 0 Å². The molecule has 0 unspecified atom stereocenters. The van der Waals surface area contributed by atoms with E-state index in [1.54, 1.807) is 14.1 Å². The van der Waals surface area contributed by atoms with Crippen LogP contribution in [0.2, 0.25) is 0 Å². The first-order valence-corrected chi connectivity index (χ1v) is 8.87. The average Bonchev–Trinajstić information content (AvgIpc) is 2.80. The van der Waals surface area contributed by atoms with Gasteiger partial charge >= 0.3 is 0 Å². The van der Waals surface area contributed by atoms with Crippen LogP contribution in [-0.2, 0) is 17.6 Å². The first kappa shape index (κ1) is 19.0. The molecule has 4 heteroatoms. The van der Waals surface area contributed by atoms with Crippen molar-refractivity contribution in [3.05, 3.63) is 59.7 Å². The van der Waals surface area contributed by atoms with Crippen LogP contribution in [0.3, 0.4) is 0 Å². The van der Waals surface area contributed by atoms with Gasteiger partial charge in [0.25, 0.3) is 0 Å². The highest BCUT2D eigenvalue weighted by molar-refractivity contribution is 5.71. The van der Waals surface area contributed by atoms with Gasteiger partial charge in [0.2, 0.25) is 6.41 Å². The number of nitrogens with one attached hydrogen (secondary N) is 1. The number of aryl methyl sites for hydroxylation is 2. The van der Waals surface area contributed by atoms with Crippen molar-refractivity contribution in [1.29, 1.82) is 0 Å². The Morgan fingerprint density at radius 1 is 1.00 bits per heavy atom. The summed E-state index contributed by atoms with van der Waals surface area (Å²) in [5.41, 5.74) is 5.70. The summed E-state index contributed by atoms with van der Waals surface area (Å²) in [6, 6.07) is 17.7. The third-order valence-corrected chi connectivity index (χ3v) is 4.25. The zero-order chi connectivity index (χ0) is 18.1. The van der Waals surface area contributed by atoms with E-state index in [-0.39, 0.29) is 0 Å². The highest BCUT2D eigenvalue weighted by atomic mass is 16.1. The fourth-order valence-corrected chi connectivity index (χ4v) is 3.03. The molecule has 25 heavy (non-hydrogen) atoms. The number of fused-ring (bicyclic) bond motifs is 2. The number of rotatable bonds is 5. The van der Waals surface area contributed by atoms with E-state index < -0.39 is 0 Å². The molecule has 1 heterocycles. The number of nitrogens with zero attached hydrogens (tertiary/aromatic N) is 2. The summed E-state index contributed by atoms with van der Waals surface area (Å²) < 4.78 is 0. The molecule has 0 radical (unpaired) electrons. The average molecular weight is 339 g/mol. The Labute approximate surface area is 151 Å². The molecular weight excluding hydrogens is 310 g/mol. The Morgan fingerprint density at radius 2 is 1.48 bits per heavy atom.